The number of sulfonamides is 1. The summed E-state index contributed by atoms with van der Waals surface area (Å²) < 4.78 is 28.8. The lowest BCUT2D eigenvalue weighted by atomic mass is 10.2. The Bertz CT molecular complexity index is 1190. The van der Waals surface area contributed by atoms with Crippen LogP contribution in [0.5, 0.6) is 0 Å². The average Bonchev–Trinajstić information content (AvgIpc) is 3.31. The Morgan fingerprint density at radius 2 is 2.03 bits per heavy atom. The van der Waals surface area contributed by atoms with Crippen molar-refractivity contribution >= 4 is 38.9 Å². The van der Waals surface area contributed by atoms with Crippen LogP contribution in [0.3, 0.4) is 0 Å². The summed E-state index contributed by atoms with van der Waals surface area (Å²) in [6, 6.07) is 12.6. The van der Waals surface area contributed by atoms with Crippen molar-refractivity contribution in [3.8, 4) is 0 Å². The number of aromatic nitrogens is 2. The number of carbonyl (C=O) groups excluding carboxylic acids is 1. The lowest BCUT2D eigenvalue weighted by Gasteiger charge is -2.17. The fourth-order valence-electron chi connectivity index (χ4n) is 3.35. The van der Waals surface area contributed by atoms with E-state index >= 15 is 0 Å². The summed E-state index contributed by atoms with van der Waals surface area (Å²) in [4.78, 5) is 16.4. The number of fused-ring (bicyclic) bond motifs is 1. The molecule has 0 fully saturated rings. The van der Waals surface area contributed by atoms with Gasteiger partial charge in [0.05, 0.1) is 12.0 Å². The lowest BCUT2D eigenvalue weighted by Crippen LogP contribution is -2.29. The SMILES string of the molecule is Cc1cc(Cl)ccc1NC(=O)Cn1cnc(S(=O)(=O)N2CCc3ccccc32)c1. The summed E-state index contributed by atoms with van der Waals surface area (Å²) in [6.45, 7) is 2.17. The van der Waals surface area contributed by atoms with Crippen LogP contribution in [0.25, 0.3) is 0 Å². The van der Waals surface area contributed by atoms with Crippen molar-refractivity contribution < 1.29 is 13.2 Å². The fourth-order valence-corrected chi connectivity index (χ4v) is 5.02. The molecule has 1 amide bonds. The lowest BCUT2D eigenvalue weighted by molar-refractivity contribution is -0.116. The topological polar surface area (TPSA) is 84.3 Å². The number of nitrogens with one attached hydrogen (secondary N) is 1. The van der Waals surface area contributed by atoms with E-state index in [0.717, 1.165) is 11.1 Å². The Balaban J connectivity index is 1.49. The predicted octanol–water partition coefficient (Wildman–Crippen LogP) is 3.24. The molecule has 150 valence electrons. The van der Waals surface area contributed by atoms with Crippen molar-refractivity contribution in [1.82, 2.24) is 9.55 Å². The standard InChI is InChI=1S/C20H19ClN4O3S/c1-14-10-16(21)6-7-17(14)23-19(26)11-24-12-20(22-13-24)29(27,28)25-9-8-15-4-2-3-5-18(15)25/h2-7,10,12-13H,8-9,11H2,1H3,(H,23,26). The molecule has 0 saturated carbocycles. The van der Waals surface area contributed by atoms with E-state index in [0.29, 0.717) is 29.4 Å². The van der Waals surface area contributed by atoms with E-state index in [1.54, 1.807) is 24.3 Å². The molecule has 1 N–H and O–H groups in total. The summed E-state index contributed by atoms with van der Waals surface area (Å²) in [6.07, 6.45) is 3.40. The largest absolute Gasteiger partial charge is 0.327 e. The van der Waals surface area contributed by atoms with Crippen molar-refractivity contribution in [2.24, 2.45) is 0 Å². The first kappa shape index (κ1) is 19.5. The molecular weight excluding hydrogens is 412 g/mol. The van der Waals surface area contributed by atoms with Crippen LogP contribution in [0.2, 0.25) is 5.02 Å². The van der Waals surface area contributed by atoms with Crippen molar-refractivity contribution in [2.45, 2.75) is 24.9 Å². The molecule has 29 heavy (non-hydrogen) atoms. The van der Waals surface area contributed by atoms with Gasteiger partial charge in [0.1, 0.15) is 6.54 Å². The van der Waals surface area contributed by atoms with Crippen molar-refractivity contribution in [1.29, 1.82) is 0 Å². The number of nitrogens with zero attached hydrogens (tertiary/aromatic N) is 3. The highest BCUT2D eigenvalue weighted by molar-refractivity contribution is 7.92. The number of hydrogen-bond acceptors (Lipinski definition) is 4. The maximum absolute atomic E-state index is 13.0. The van der Waals surface area contributed by atoms with E-state index < -0.39 is 10.0 Å². The van der Waals surface area contributed by atoms with Gasteiger partial charge in [0.2, 0.25) is 5.91 Å². The van der Waals surface area contributed by atoms with Crippen LogP contribution in [0.4, 0.5) is 11.4 Å². The molecule has 0 unspecified atom stereocenters. The molecule has 9 heteroatoms. The zero-order valence-electron chi connectivity index (χ0n) is 15.7. The van der Waals surface area contributed by atoms with Gasteiger partial charge in [0, 0.05) is 23.5 Å². The zero-order chi connectivity index (χ0) is 20.6. The highest BCUT2D eigenvalue weighted by atomic mass is 35.5. The fraction of sp³-hybridized carbons (Fsp3) is 0.200. The summed E-state index contributed by atoms with van der Waals surface area (Å²) in [5.74, 6) is -0.289. The highest BCUT2D eigenvalue weighted by Crippen LogP contribution is 2.32. The number of imidazole rings is 1. The van der Waals surface area contributed by atoms with Gasteiger partial charge in [0.25, 0.3) is 10.0 Å². The number of hydrogen-bond donors (Lipinski definition) is 1. The second kappa shape index (κ2) is 7.53. The van der Waals surface area contributed by atoms with E-state index in [2.05, 4.69) is 10.3 Å². The summed E-state index contributed by atoms with van der Waals surface area (Å²) in [5, 5.41) is 3.31. The second-order valence-corrected chi connectivity index (χ2v) is 9.09. The summed E-state index contributed by atoms with van der Waals surface area (Å²) in [7, 11) is -3.78. The van der Waals surface area contributed by atoms with E-state index in [4.69, 9.17) is 11.6 Å². The van der Waals surface area contributed by atoms with Crippen LogP contribution in [0.1, 0.15) is 11.1 Å². The molecule has 0 bridgehead atoms. The Morgan fingerprint density at radius 1 is 1.24 bits per heavy atom. The van der Waals surface area contributed by atoms with Gasteiger partial charge >= 0.3 is 0 Å². The van der Waals surface area contributed by atoms with Gasteiger partial charge in [-0.25, -0.2) is 4.98 Å². The molecule has 3 aromatic rings. The Labute approximate surface area is 174 Å². The van der Waals surface area contributed by atoms with Crippen LogP contribution in [-0.4, -0.2) is 30.4 Å². The van der Waals surface area contributed by atoms with Crippen LogP contribution in [-0.2, 0) is 27.8 Å². The van der Waals surface area contributed by atoms with Crippen molar-refractivity contribution in [3.63, 3.8) is 0 Å². The molecule has 2 heterocycles. The third-order valence-corrected chi connectivity index (χ3v) is 6.73. The maximum Gasteiger partial charge on any atom is 0.283 e. The average molecular weight is 431 g/mol. The molecule has 0 radical (unpaired) electrons. The normalized spacial score (nSPS) is 13.4. The Kier molecular flexibility index (Phi) is 5.06. The number of carbonyl (C=O) groups is 1. The molecule has 7 nitrogen and oxygen atoms in total. The van der Waals surface area contributed by atoms with Gasteiger partial charge < -0.3 is 9.88 Å². The first-order valence-electron chi connectivity index (χ1n) is 9.03. The summed E-state index contributed by atoms with van der Waals surface area (Å²) >= 11 is 5.93. The molecule has 1 aromatic heterocycles. The molecule has 0 saturated heterocycles. The molecular formula is C20H19ClN4O3S. The minimum Gasteiger partial charge on any atom is -0.327 e. The maximum atomic E-state index is 13.0. The molecule has 2 aromatic carbocycles. The highest BCUT2D eigenvalue weighted by Gasteiger charge is 2.32. The molecule has 0 spiro atoms. The van der Waals surface area contributed by atoms with Crippen molar-refractivity contribution in [2.75, 3.05) is 16.2 Å². The third kappa shape index (κ3) is 3.86. The number of aryl methyl sites for hydroxylation is 1. The van der Waals surface area contributed by atoms with E-state index in [9.17, 15) is 13.2 Å². The third-order valence-electron chi connectivity index (χ3n) is 4.80. The van der Waals surface area contributed by atoms with Gasteiger partial charge in [-0.3, -0.25) is 9.10 Å². The number of amides is 1. The minimum atomic E-state index is -3.78. The number of anilines is 2. The molecule has 4 rings (SSSR count). The molecule has 1 aliphatic rings. The first-order chi connectivity index (χ1) is 13.8. The number of para-hydroxylation sites is 1. The molecule has 1 aliphatic heterocycles. The van der Waals surface area contributed by atoms with E-state index in [1.165, 1.54) is 21.4 Å². The van der Waals surface area contributed by atoms with Gasteiger partial charge in [-0.15, -0.1) is 0 Å². The predicted molar refractivity (Wildman–Crippen MR) is 112 cm³/mol. The van der Waals surface area contributed by atoms with Gasteiger partial charge in [0.15, 0.2) is 5.03 Å². The van der Waals surface area contributed by atoms with Crippen LogP contribution in [0, 0.1) is 6.92 Å². The van der Waals surface area contributed by atoms with Gasteiger partial charge in [-0.2, -0.15) is 8.42 Å². The Morgan fingerprint density at radius 3 is 2.83 bits per heavy atom. The van der Waals surface area contributed by atoms with Crippen LogP contribution < -0.4 is 9.62 Å². The zero-order valence-corrected chi connectivity index (χ0v) is 17.2. The van der Waals surface area contributed by atoms with Crippen molar-refractivity contribution in [3.05, 3.63) is 71.1 Å². The van der Waals surface area contributed by atoms with Crippen LogP contribution >= 0.6 is 11.6 Å². The van der Waals surface area contributed by atoms with E-state index in [-0.39, 0.29) is 17.5 Å². The number of rotatable bonds is 5. The smallest absolute Gasteiger partial charge is 0.283 e. The quantitative estimate of drug-likeness (QED) is 0.673. The first-order valence-corrected chi connectivity index (χ1v) is 10.8. The monoisotopic (exact) mass is 430 g/mol. The van der Waals surface area contributed by atoms with Crippen LogP contribution in [0.15, 0.2) is 60.0 Å². The minimum absolute atomic E-state index is 0.0544. The number of benzene rings is 2. The van der Waals surface area contributed by atoms with E-state index in [1.807, 2.05) is 25.1 Å². The Hall–Kier alpha value is -2.84. The van der Waals surface area contributed by atoms with Gasteiger partial charge in [-0.05, 0) is 48.7 Å². The summed E-state index contributed by atoms with van der Waals surface area (Å²) in [5.41, 5.74) is 3.17. The molecule has 0 aliphatic carbocycles. The molecule has 0 atom stereocenters. The second-order valence-electron chi connectivity index (χ2n) is 6.85. The van der Waals surface area contributed by atoms with Gasteiger partial charge in [-0.1, -0.05) is 29.8 Å². The number of halogens is 1.